The zero-order valence-electron chi connectivity index (χ0n) is 15.4. The van der Waals surface area contributed by atoms with Gasteiger partial charge in [0.2, 0.25) is 15.9 Å². The first-order valence-corrected chi connectivity index (χ1v) is 10.2. The zero-order chi connectivity index (χ0) is 20.3. The van der Waals surface area contributed by atoms with Crippen LogP contribution >= 0.6 is 0 Å². The summed E-state index contributed by atoms with van der Waals surface area (Å²) >= 11 is 0. The number of carbonyl (C=O) groups is 1. The fourth-order valence-electron chi connectivity index (χ4n) is 2.75. The van der Waals surface area contributed by atoms with Crippen LogP contribution in [0.15, 0.2) is 64.1 Å². The van der Waals surface area contributed by atoms with Gasteiger partial charge in [0.05, 0.1) is 4.90 Å². The van der Waals surface area contributed by atoms with Crippen LogP contribution in [0, 0.1) is 5.82 Å². The second-order valence-electron chi connectivity index (χ2n) is 6.00. The molecule has 28 heavy (non-hydrogen) atoms. The maximum atomic E-state index is 13.0. The Morgan fingerprint density at radius 3 is 2.43 bits per heavy atom. The van der Waals surface area contributed by atoms with Crippen molar-refractivity contribution in [3.05, 3.63) is 71.2 Å². The highest BCUT2D eigenvalue weighted by molar-refractivity contribution is 7.89. The lowest BCUT2D eigenvalue weighted by Gasteiger charge is -2.18. The first-order valence-electron chi connectivity index (χ1n) is 8.74. The van der Waals surface area contributed by atoms with Gasteiger partial charge in [-0.2, -0.15) is 4.31 Å². The maximum Gasteiger partial charge on any atom is 0.363 e. The molecular formula is C20H19FN2O4S. The van der Waals surface area contributed by atoms with Gasteiger partial charge in [0.25, 0.3) is 0 Å². The zero-order valence-corrected chi connectivity index (χ0v) is 16.2. The number of rotatable bonds is 6. The predicted molar refractivity (Wildman–Crippen MR) is 104 cm³/mol. The predicted octanol–water partition coefficient (Wildman–Crippen LogP) is 3.20. The number of cyclic esters (lactones) is 1. The molecule has 0 aromatic heterocycles. The van der Waals surface area contributed by atoms with E-state index in [9.17, 15) is 17.6 Å². The van der Waals surface area contributed by atoms with Crippen molar-refractivity contribution < 1.29 is 22.3 Å². The average molecular weight is 402 g/mol. The Hall–Kier alpha value is -2.84. The van der Waals surface area contributed by atoms with Crippen LogP contribution < -0.4 is 0 Å². The molecular weight excluding hydrogens is 383 g/mol. The largest absolute Gasteiger partial charge is 0.402 e. The van der Waals surface area contributed by atoms with Gasteiger partial charge >= 0.3 is 5.97 Å². The molecule has 8 heteroatoms. The third kappa shape index (κ3) is 4.02. The molecule has 0 aliphatic carbocycles. The number of halogens is 1. The topological polar surface area (TPSA) is 76.0 Å². The van der Waals surface area contributed by atoms with Gasteiger partial charge < -0.3 is 4.74 Å². The van der Waals surface area contributed by atoms with Crippen molar-refractivity contribution in [1.82, 2.24) is 4.31 Å². The Bertz CT molecular complexity index is 1060. The van der Waals surface area contributed by atoms with Gasteiger partial charge in [0, 0.05) is 18.7 Å². The van der Waals surface area contributed by atoms with Crippen LogP contribution in [0.3, 0.4) is 0 Å². The number of sulfonamides is 1. The second kappa shape index (κ2) is 8.04. The molecule has 0 atom stereocenters. The average Bonchev–Trinajstić information content (AvgIpc) is 3.05. The first kappa shape index (κ1) is 19.9. The number of aliphatic imine (C=N–C) groups is 1. The maximum absolute atomic E-state index is 13.0. The number of nitrogens with zero attached hydrogens (tertiary/aromatic N) is 2. The fraction of sp³-hybridized carbons (Fsp3) is 0.200. The van der Waals surface area contributed by atoms with E-state index in [0.29, 0.717) is 24.2 Å². The molecule has 0 amide bonds. The molecule has 0 spiro atoms. The highest BCUT2D eigenvalue weighted by Crippen LogP contribution is 2.22. The van der Waals surface area contributed by atoms with E-state index in [1.54, 1.807) is 26.0 Å². The normalized spacial score (nSPS) is 15.8. The van der Waals surface area contributed by atoms with Crippen LogP contribution in [0.25, 0.3) is 6.08 Å². The van der Waals surface area contributed by atoms with Gasteiger partial charge in [0.15, 0.2) is 5.70 Å². The van der Waals surface area contributed by atoms with Crippen molar-refractivity contribution in [2.45, 2.75) is 18.7 Å². The van der Waals surface area contributed by atoms with Crippen molar-refractivity contribution in [2.75, 3.05) is 13.1 Å². The van der Waals surface area contributed by atoms with Gasteiger partial charge in [-0.3, -0.25) is 0 Å². The van der Waals surface area contributed by atoms with Gasteiger partial charge in [-0.05, 0) is 42.0 Å². The Balaban J connectivity index is 1.94. The highest BCUT2D eigenvalue weighted by atomic mass is 32.2. The lowest BCUT2D eigenvalue weighted by molar-refractivity contribution is -0.129. The molecule has 2 aromatic carbocycles. The van der Waals surface area contributed by atoms with E-state index in [4.69, 9.17) is 4.74 Å². The molecule has 0 N–H and O–H groups in total. The molecule has 0 saturated heterocycles. The van der Waals surface area contributed by atoms with E-state index in [1.165, 1.54) is 46.8 Å². The minimum absolute atomic E-state index is 0.0231. The van der Waals surface area contributed by atoms with Crippen LogP contribution in [0.4, 0.5) is 4.39 Å². The van der Waals surface area contributed by atoms with E-state index < -0.39 is 16.0 Å². The summed E-state index contributed by atoms with van der Waals surface area (Å²) in [5, 5.41) is 0. The summed E-state index contributed by atoms with van der Waals surface area (Å²) in [5.41, 5.74) is 1.03. The van der Waals surface area contributed by atoms with E-state index in [2.05, 4.69) is 4.99 Å². The molecule has 2 aromatic rings. The summed E-state index contributed by atoms with van der Waals surface area (Å²) in [6, 6.07) is 11.7. The molecule has 1 heterocycles. The van der Waals surface area contributed by atoms with Crippen LogP contribution in [0.1, 0.15) is 25.0 Å². The van der Waals surface area contributed by atoms with Gasteiger partial charge in [-0.1, -0.05) is 32.0 Å². The summed E-state index contributed by atoms with van der Waals surface area (Å²) in [6.45, 7) is 4.23. The molecule has 0 fully saturated rings. The van der Waals surface area contributed by atoms with Crippen molar-refractivity contribution in [3.8, 4) is 0 Å². The Kier molecular flexibility index (Phi) is 5.71. The summed E-state index contributed by atoms with van der Waals surface area (Å²) < 4.78 is 44.9. The van der Waals surface area contributed by atoms with Crippen molar-refractivity contribution in [1.29, 1.82) is 0 Å². The monoisotopic (exact) mass is 402 g/mol. The molecule has 6 nitrogen and oxygen atoms in total. The summed E-state index contributed by atoms with van der Waals surface area (Å²) in [7, 11) is -3.65. The van der Waals surface area contributed by atoms with Gasteiger partial charge in [-0.15, -0.1) is 0 Å². The molecule has 0 saturated carbocycles. The summed E-state index contributed by atoms with van der Waals surface area (Å²) in [5.74, 6) is -1.02. The molecule has 0 bridgehead atoms. The minimum atomic E-state index is -3.65. The first-order chi connectivity index (χ1) is 13.3. The third-order valence-electron chi connectivity index (χ3n) is 4.22. The van der Waals surface area contributed by atoms with Gasteiger partial charge in [-0.25, -0.2) is 22.6 Å². The minimum Gasteiger partial charge on any atom is -0.402 e. The lowest BCUT2D eigenvalue weighted by atomic mass is 10.2. The van der Waals surface area contributed by atoms with Crippen molar-refractivity contribution in [3.63, 3.8) is 0 Å². The van der Waals surface area contributed by atoms with Crippen LogP contribution in [-0.2, 0) is 19.6 Å². The number of ether oxygens (including phenoxy) is 1. The molecule has 1 aliphatic heterocycles. The van der Waals surface area contributed by atoms with Crippen LogP contribution in [0.2, 0.25) is 0 Å². The summed E-state index contributed by atoms with van der Waals surface area (Å²) in [4.78, 5) is 16.4. The highest BCUT2D eigenvalue weighted by Gasteiger charge is 2.27. The number of hydrogen-bond acceptors (Lipinski definition) is 5. The number of carbonyl (C=O) groups excluding carboxylic acids is 1. The van der Waals surface area contributed by atoms with Gasteiger partial charge in [0.1, 0.15) is 5.82 Å². The molecule has 3 rings (SSSR count). The third-order valence-corrected chi connectivity index (χ3v) is 6.26. The van der Waals surface area contributed by atoms with Crippen LogP contribution in [0.5, 0.6) is 0 Å². The fourth-order valence-corrected chi connectivity index (χ4v) is 4.26. The van der Waals surface area contributed by atoms with E-state index >= 15 is 0 Å². The number of hydrogen-bond donors (Lipinski definition) is 0. The van der Waals surface area contributed by atoms with Crippen LogP contribution in [-0.4, -0.2) is 37.7 Å². The Morgan fingerprint density at radius 2 is 1.79 bits per heavy atom. The SMILES string of the molecule is CCN(CC)S(=O)(=O)c1cccc(C2=N/C(=C\c3ccc(F)cc3)C(=O)O2)c1. The molecule has 1 aliphatic rings. The van der Waals surface area contributed by atoms with E-state index in [0.717, 1.165) is 0 Å². The van der Waals surface area contributed by atoms with Crippen molar-refractivity contribution in [2.24, 2.45) is 4.99 Å². The smallest absolute Gasteiger partial charge is 0.363 e. The quantitative estimate of drug-likeness (QED) is 0.549. The standard InChI is InChI=1S/C20H19FN2O4S/c1-3-23(4-2)28(25,26)17-7-5-6-15(13-17)19-22-18(20(24)27-19)12-14-8-10-16(21)11-9-14/h5-13H,3-4H2,1-2H3/b18-12-. The number of benzene rings is 2. The molecule has 0 radical (unpaired) electrons. The molecule has 146 valence electrons. The van der Waals surface area contributed by atoms with Crippen molar-refractivity contribution >= 4 is 28.0 Å². The Morgan fingerprint density at radius 1 is 1.11 bits per heavy atom. The summed E-state index contributed by atoms with van der Waals surface area (Å²) in [6.07, 6.45) is 1.48. The molecule has 0 unspecified atom stereocenters. The lowest BCUT2D eigenvalue weighted by Crippen LogP contribution is -2.30. The number of esters is 1. The second-order valence-corrected chi connectivity index (χ2v) is 7.94. The Labute approximate surface area is 163 Å². The van der Waals surface area contributed by atoms with E-state index in [1.807, 2.05) is 0 Å². The van der Waals surface area contributed by atoms with E-state index in [-0.39, 0.29) is 22.3 Å².